The molecule has 0 radical (unpaired) electrons. The Labute approximate surface area is 187 Å². The molecule has 0 saturated heterocycles. The second kappa shape index (κ2) is 9.52. The number of hydrogen-bond acceptors (Lipinski definition) is 3. The molecule has 1 fully saturated rings. The SMILES string of the molecule is Cc1ccc(CNC(=O)C2(C)CCCCC2)cc1C(=O)Nc1ccc(Cl)c(C(=O)O)c1. The highest BCUT2D eigenvalue weighted by Gasteiger charge is 2.34. The lowest BCUT2D eigenvalue weighted by Crippen LogP contribution is -2.39. The van der Waals surface area contributed by atoms with Gasteiger partial charge in [0.15, 0.2) is 0 Å². The van der Waals surface area contributed by atoms with Gasteiger partial charge in [0, 0.05) is 23.2 Å². The smallest absolute Gasteiger partial charge is 0.337 e. The van der Waals surface area contributed by atoms with Crippen LogP contribution in [-0.2, 0) is 11.3 Å². The zero-order valence-corrected chi connectivity index (χ0v) is 18.5. The maximum atomic E-state index is 12.8. The number of nitrogens with one attached hydrogen (secondary N) is 2. The van der Waals surface area contributed by atoms with E-state index in [1.54, 1.807) is 12.1 Å². The van der Waals surface area contributed by atoms with Gasteiger partial charge in [-0.1, -0.05) is 49.9 Å². The Morgan fingerprint density at radius 3 is 2.42 bits per heavy atom. The van der Waals surface area contributed by atoms with Gasteiger partial charge in [-0.25, -0.2) is 4.79 Å². The molecule has 2 aromatic carbocycles. The fourth-order valence-corrected chi connectivity index (χ4v) is 4.14. The van der Waals surface area contributed by atoms with Crippen LogP contribution < -0.4 is 10.6 Å². The molecule has 2 aromatic rings. The van der Waals surface area contributed by atoms with Gasteiger partial charge in [0.25, 0.3) is 5.91 Å². The van der Waals surface area contributed by atoms with E-state index in [-0.39, 0.29) is 27.8 Å². The molecule has 0 heterocycles. The Morgan fingerprint density at radius 1 is 1.03 bits per heavy atom. The van der Waals surface area contributed by atoms with Crippen molar-refractivity contribution in [3.63, 3.8) is 0 Å². The quantitative estimate of drug-likeness (QED) is 0.573. The molecule has 3 rings (SSSR count). The van der Waals surface area contributed by atoms with Crippen LogP contribution in [0, 0.1) is 12.3 Å². The molecule has 1 aliphatic rings. The number of rotatable bonds is 6. The first-order valence-corrected chi connectivity index (χ1v) is 10.8. The number of carbonyl (C=O) groups is 3. The van der Waals surface area contributed by atoms with E-state index in [0.29, 0.717) is 17.8 Å². The monoisotopic (exact) mass is 442 g/mol. The number of carboxylic acid groups (broad SMARTS) is 1. The van der Waals surface area contributed by atoms with Gasteiger partial charge in [0.1, 0.15) is 0 Å². The van der Waals surface area contributed by atoms with Crippen LogP contribution in [0.1, 0.15) is 70.9 Å². The molecule has 0 unspecified atom stereocenters. The lowest BCUT2D eigenvalue weighted by Gasteiger charge is -2.32. The van der Waals surface area contributed by atoms with Crippen LogP contribution in [0.4, 0.5) is 5.69 Å². The third kappa shape index (κ3) is 5.44. The van der Waals surface area contributed by atoms with Crippen molar-refractivity contribution in [3.8, 4) is 0 Å². The fraction of sp³-hybridized carbons (Fsp3) is 0.375. The van der Waals surface area contributed by atoms with Gasteiger partial charge in [-0.15, -0.1) is 0 Å². The van der Waals surface area contributed by atoms with Gasteiger partial charge in [-0.05, 0) is 55.2 Å². The third-order valence-corrected chi connectivity index (χ3v) is 6.29. The van der Waals surface area contributed by atoms with Gasteiger partial charge < -0.3 is 15.7 Å². The molecular formula is C24H27ClN2O4. The van der Waals surface area contributed by atoms with Crippen molar-refractivity contribution in [3.05, 3.63) is 63.7 Å². The van der Waals surface area contributed by atoms with Crippen LogP contribution in [-0.4, -0.2) is 22.9 Å². The second-order valence-corrected chi connectivity index (χ2v) is 8.81. The Hall–Kier alpha value is -2.86. The number of benzene rings is 2. The molecule has 0 aromatic heterocycles. The highest BCUT2D eigenvalue weighted by atomic mass is 35.5. The summed E-state index contributed by atoms with van der Waals surface area (Å²) in [6.45, 7) is 4.19. The van der Waals surface area contributed by atoms with E-state index in [1.807, 2.05) is 26.0 Å². The van der Waals surface area contributed by atoms with Gasteiger partial charge in [-0.3, -0.25) is 9.59 Å². The average Bonchev–Trinajstić information content (AvgIpc) is 2.74. The highest BCUT2D eigenvalue weighted by molar-refractivity contribution is 6.33. The van der Waals surface area contributed by atoms with Gasteiger partial charge in [0.2, 0.25) is 5.91 Å². The summed E-state index contributed by atoms with van der Waals surface area (Å²) >= 11 is 5.89. The van der Waals surface area contributed by atoms with E-state index < -0.39 is 5.97 Å². The first-order valence-electron chi connectivity index (χ1n) is 10.4. The normalized spacial score (nSPS) is 15.2. The van der Waals surface area contributed by atoms with Crippen LogP contribution in [0.3, 0.4) is 0 Å². The summed E-state index contributed by atoms with van der Waals surface area (Å²) in [4.78, 5) is 36.8. The van der Waals surface area contributed by atoms with Crippen molar-refractivity contribution >= 4 is 35.1 Å². The number of hydrogen-bond donors (Lipinski definition) is 3. The number of aromatic carboxylic acids is 1. The zero-order valence-electron chi connectivity index (χ0n) is 17.8. The lowest BCUT2D eigenvalue weighted by atomic mass is 9.75. The van der Waals surface area contributed by atoms with E-state index in [2.05, 4.69) is 10.6 Å². The summed E-state index contributed by atoms with van der Waals surface area (Å²) in [6.07, 6.45) is 5.14. The molecule has 1 aliphatic carbocycles. The fourth-order valence-electron chi connectivity index (χ4n) is 3.94. The van der Waals surface area contributed by atoms with E-state index in [4.69, 9.17) is 11.6 Å². The van der Waals surface area contributed by atoms with Crippen LogP contribution >= 0.6 is 11.6 Å². The summed E-state index contributed by atoms with van der Waals surface area (Å²) in [5.41, 5.74) is 2.01. The highest BCUT2D eigenvalue weighted by Crippen LogP contribution is 2.35. The molecule has 1 saturated carbocycles. The summed E-state index contributed by atoms with van der Waals surface area (Å²) in [5, 5.41) is 15.1. The van der Waals surface area contributed by atoms with E-state index >= 15 is 0 Å². The molecule has 3 N–H and O–H groups in total. The van der Waals surface area contributed by atoms with E-state index in [0.717, 1.165) is 36.8 Å². The molecule has 31 heavy (non-hydrogen) atoms. The van der Waals surface area contributed by atoms with Crippen molar-refractivity contribution < 1.29 is 19.5 Å². The topological polar surface area (TPSA) is 95.5 Å². The van der Waals surface area contributed by atoms with Gasteiger partial charge in [0.05, 0.1) is 10.6 Å². The predicted octanol–water partition coefficient (Wildman–Crippen LogP) is 5.19. The number of anilines is 1. The molecule has 7 heteroatoms. The lowest BCUT2D eigenvalue weighted by molar-refractivity contribution is -0.132. The number of amides is 2. The Balaban J connectivity index is 1.70. The minimum atomic E-state index is -1.17. The van der Waals surface area contributed by atoms with Crippen molar-refractivity contribution in [1.82, 2.24) is 5.32 Å². The van der Waals surface area contributed by atoms with Crippen molar-refractivity contribution in [1.29, 1.82) is 0 Å². The Bertz CT molecular complexity index is 1010. The van der Waals surface area contributed by atoms with Crippen molar-refractivity contribution in [2.45, 2.75) is 52.5 Å². The Morgan fingerprint density at radius 2 is 1.74 bits per heavy atom. The summed E-state index contributed by atoms with van der Waals surface area (Å²) in [7, 11) is 0. The minimum Gasteiger partial charge on any atom is -0.478 e. The summed E-state index contributed by atoms with van der Waals surface area (Å²) in [5.74, 6) is -1.47. The maximum absolute atomic E-state index is 12.8. The van der Waals surface area contributed by atoms with E-state index in [1.165, 1.54) is 18.6 Å². The number of halogens is 1. The first kappa shape index (κ1) is 22.8. The van der Waals surface area contributed by atoms with Crippen LogP contribution in [0.15, 0.2) is 36.4 Å². The van der Waals surface area contributed by atoms with Crippen molar-refractivity contribution in [2.75, 3.05) is 5.32 Å². The largest absolute Gasteiger partial charge is 0.478 e. The summed E-state index contributed by atoms with van der Waals surface area (Å²) in [6, 6.07) is 9.79. The standard InChI is InChI=1S/C24H27ClN2O4/c1-15-6-7-16(14-26-23(31)24(2)10-4-3-5-11-24)12-18(15)21(28)27-17-8-9-20(25)19(13-17)22(29)30/h6-9,12-13H,3-5,10-11,14H2,1-2H3,(H,26,31)(H,27,28)(H,29,30). The van der Waals surface area contributed by atoms with Crippen LogP contribution in [0.2, 0.25) is 5.02 Å². The zero-order chi connectivity index (χ0) is 22.6. The molecule has 0 bridgehead atoms. The van der Waals surface area contributed by atoms with Crippen molar-refractivity contribution in [2.24, 2.45) is 5.41 Å². The first-order chi connectivity index (χ1) is 14.7. The maximum Gasteiger partial charge on any atom is 0.337 e. The van der Waals surface area contributed by atoms with E-state index in [9.17, 15) is 19.5 Å². The number of carbonyl (C=O) groups excluding carboxylic acids is 2. The minimum absolute atomic E-state index is 0.0566. The van der Waals surface area contributed by atoms with Gasteiger partial charge >= 0.3 is 5.97 Å². The molecule has 0 aliphatic heterocycles. The third-order valence-electron chi connectivity index (χ3n) is 5.96. The number of aryl methyl sites for hydroxylation is 1. The Kier molecular flexibility index (Phi) is 7.01. The molecule has 0 atom stereocenters. The predicted molar refractivity (Wildman–Crippen MR) is 121 cm³/mol. The molecule has 0 spiro atoms. The molecule has 164 valence electrons. The summed E-state index contributed by atoms with van der Waals surface area (Å²) < 4.78 is 0. The molecule has 2 amide bonds. The van der Waals surface area contributed by atoms with Gasteiger partial charge in [-0.2, -0.15) is 0 Å². The average molecular weight is 443 g/mol. The molecule has 6 nitrogen and oxygen atoms in total. The van der Waals surface area contributed by atoms with Crippen LogP contribution in [0.5, 0.6) is 0 Å². The second-order valence-electron chi connectivity index (χ2n) is 8.41. The molecular weight excluding hydrogens is 416 g/mol. The van der Waals surface area contributed by atoms with Crippen LogP contribution in [0.25, 0.3) is 0 Å². The number of carboxylic acids is 1.